The SMILES string of the molecule is COC(=O)Cn1c2c(sc1=O)[C@H](c1cc(OC)c(OC)c(OC)c1)CC(=O)N2c1cccc(Cl)c1. The lowest BCUT2D eigenvalue weighted by Gasteiger charge is -2.33. The molecule has 1 aromatic heterocycles. The number of ether oxygens (including phenoxy) is 4. The molecule has 9 nitrogen and oxygen atoms in total. The number of anilines is 2. The van der Waals surface area contributed by atoms with Gasteiger partial charge in [0.2, 0.25) is 11.7 Å². The summed E-state index contributed by atoms with van der Waals surface area (Å²) in [6.07, 6.45) is 0.0658. The predicted octanol–water partition coefficient (Wildman–Crippen LogP) is 3.96. The number of hydrogen-bond acceptors (Lipinski definition) is 8. The van der Waals surface area contributed by atoms with Crippen molar-refractivity contribution in [3.8, 4) is 17.2 Å². The van der Waals surface area contributed by atoms with Gasteiger partial charge < -0.3 is 18.9 Å². The lowest BCUT2D eigenvalue weighted by atomic mass is 9.89. The molecule has 0 bridgehead atoms. The number of hydrogen-bond donors (Lipinski definition) is 0. The zero-order valence-electron chi connectivity index (χ0n) is 19.5. The molecule has 35 heavy (non-hydrogen) atoms. The van der Waals surface area contributed by atoms with Gasteiger partial charge in [-0.2, -0.15) is 0 Å². The van der Waals surface area contributed by atoms with Crippen LogP contribution in [0.2, 0.25) is 5.02 Å². The summed E-state index contributed by atoms with van der Waals surface area (Å²) in [5, 5.41) is 0.431. The Hall–Kier alpha value is -3.50. The normalized spacial score (nSPS) is 14.9. The van der Waals surface area contributed by atoms with Crippen LogP contribution in [0, 0.1) is 0 Å². The Balaban J connectivity index is 1.95. The van der Waals surface area contributed by atoms with Crippen molar-refractivity contribution >= 4 is 46.3 Å². The molecule has 0 saturated heterocycles. The monoisotopic (exact) mass is 518 g/mol. The van der Waals surface area contributed by atoms with E-state index in [0.717, 1.165) is 11.3 Å². The number of carbonyl (C=O) groups is 2. The molecule has 4 rings (SSSR count). The molecule has 11 heteroatoms. The van der Waals surface area contributed by atoms with Gasteiger partial charge in [-0.15, -0.1) is 0 Å². The number of carbonyl (C=O) groups excluding carboxylic acids is 2. The third kappa shape index (κ3) is 4.46. The number of benzene rings is 2. The Labute approximate surface area is 210 Å². The molecule has 3 aromatic rings. The van der Waals surface area contributed by atoms with Crippen molar-refractivity contribution in [3.05, 3.63) is 61.5 Å². The quantitative estimate of drug-likeness (QED) is 0.437. The lowest BCUT2D eigenvalue weighted by Crippen LogP contribution is -2.36. The standard InChI is InChI=1S/C24H23ClN2O7S/c1-31-17-8-13(9-18(32-2)21(17)34-4)16-11-19(28)27(15-7-5-6-14(25)10-15)23-22(16)35-24(30)26(23)12-20(29)33-3/h5-10,16H,11-12H2,1-4H3/t16-/m0/s1. The first-order valence-corrected chi connectivity index (χ1v) is 11.7. The summed E-state index contributed by atoms with van der Waals surface area (Å²) in [5.74, 6) is 0.207. The lowest BCUT2D eigenvalue weighted by molar-refractivity contribution is -0.141. The smallest absolute Gasteiger partial charge is 0.325 e. The minimum Gasteiger partial charge on any atom is -0.493 e. The topological polar surface area (TPSA) is 96.3 Å². The first-order chi connectivity index (χ1) is 16.8. The van der Waals surface area contributed by atoms with Crippen molar-refractivity contribution in [1.29, 1.82) is 0 Å². The van der Waals surface area contributed by atoms with Crippen molar-refractivity contribution in [2.45, 2.75) is 18.9 Å². The highest BCUT2D eigenvalue weighted by molar-refractivity contribution is 7.10. The Morgan fingerprint density at radius 3 is 2.31 bits per heavy atom. The van der Waals surface area contributed by atoms with Crippen LogP contribution in [-0.2, 0) is 20.9 Å². The number of nitrogens with zero attached hydrogens (tertiary/aromatic N) is 2. The summed E-state index contributed by atoms with van der Waals surface area (Å²) in [7, 11) is 5.75. The van der Waals surface area contributed by atoms with Crippen LogP contribution in [0.25, 0.3) is 0 Å². The van der Waals surface area contributed by atoms with Gasteiger partial charge >= 0.3 is 10.8 Å². The fourth-order valence-corrected chi connectivity index (χ4v) is 5.42. The number of halogens is 1. The number of amides is 1. The Bertz CT molecular complexity index is 1320. The second kappa shape index (κ2) is 10.0. The molecule has 0 saturated carbocycles. The van der Waals surface area contributed by atoms with Crippen LogP contribution in [0.4, 0.5) is 11.5 Å². The van der Waals surface area contributed by atoms with Crippen LogP contribution >= 0.6 is 22.9 Å². The van der Waals surface area contributed by atoms with Gasteiger partial charge in [0.25, 0.3) is 0 Å². The van der Waals surface area contributed by atoms with Crippen molar-refractivity contribution < 1.29 is 28.5 Å². The highest BCUT2D eigenvalue weighted by Crippen LogP contribution is 2.48. The van der Waals surface area contributed by atoms with Crippen molar-refractivity contribution in [3.63, 3.8) is 0 Å². The fraction of sp³-hybridized carbons (Fsp3) is 0.292. The van der Waals surface area contributed by atoms with Crippen LogP contribution in [0.15, 0.2) is 41.2 Å². The predicted molar refractivity (Wildman–Crippen MR) is 132 cm³/mol. The fourth-order valence-electron chi connectivity index (χ4n) is 4.14. The molecule has 2 aromatic carbocycles. The van der Waals surface area contributed by atoms with E-state index in [9.17, 15) is 14.4 Å². The van der Waals surface area contributed by atoms with E-state index in [0.29, 0.717) is 44.2 Å². The summed E-state index contributed by atoms with van der Waals surface area (Å²) in [4.78, 5) is 40.4. The summed E-state index contributed by atoms with van der Waals surface area (Å²) in [5.41, 5.74) is 1.19. The number of aromatic nitrogens is 1. The van der Waals surface area contributed by atoms with Crippen LogP contribution in [-0.4, -0.2) is 44.9 Å². The van der Waals surface area contributed by atoms with Crippen molar-refractivity contribution in [1.82, 2.24) is 4.57 Å². The van der Waals surface area contributed by atoms with E-state index in [2.05, 4.69) is 0 Å². The summed E-state index contributed by atoms with van der Waals surface area (Å²) in [6, 6.07) is 10.3. The van der Waals surface area contributed by atoms with Crippen LogP contribution in [0.5, 0.6) is 17.2 Å². The van der Waals surface area contributed by atoms with E-state index in [4.69, 9.17) is 30.5 Å². The number of rotatable bonds is 7. The zero-order chi connectivity index (χ0) is 25.3. The molecular formula is C24H23ClN2O7S. The van der Waals surface area contributed by atoms with E-state index < -0.39 is 11.9 Å². The first-order valence-electron chi connectivity index (χ1n) is 10.5. The molecule has 1 atom stereocenters. The third-order valence-corrected chi connectivity index (χ3v) is 7.04. The van der Waals surface area contributed by atoms with E-state index in [1.165, 1.54) is 37.9 Å². The maximum atomic E-state index is 13.6. The van der Waals surface area contributed by atoms with Gasteiger partial charge in [0.05, 0.1) is 39.0 Å². The summed E-state index contributed by atoms with van der Waals surface area (Å²) >= 11 is 7.17. The maximum absolute atomic E-state index is 13.6. The first kappa shape index (κ1) is 24.6. The Kier molecular flexibility index (Phi) is 7.04. The molecule has 0 aliphatic carbocycles. The highest BCUT2D eigenvalue weighted by atomic mass is 35.5. The molecule has 0 unspecified atom stereocenters. The van der Waals surface area contributed by atoms with Gasteiger partial charge in [-0.1, -0.05) is 29.0 Å². The zero-order valence-corrected chi connectivity index (χ0v) is 21.1. The van der Waals surface area contributed by atoms with Gasteiger partial charge in [0.15, 0.2) is 11.5 Å². The van der Waals surface area contributed by atoms with Gasteiger partial charge in [-0.3, -0.25) is 23.9 Å². The third-order valence-electron chi connectivity index (χ3n) is 5.72. The number of thiazole rings is 1. The van der Waals surface area contributed by atoms with Crippen LogP contribution in [0.3, 0.4) is 0 Å². The molecule has 0 spiro atoms. The van der Waals surface area contributed by atoms with Gasteiger partial charge in [-0.25, -0.2) is 0 Å². The number of methoxy groups -OCH3 is 4. The molecule has 1 aliphatic heterocycles. The van der Waals surface area contributed by atoms with E-state index in [1.807, 2.05) is 0 Å². The average molecular weight is 519 g/mol. The minimum atomic E-state index is -0.610. The van der Waals surface area contributed by atoms with Crippen LogP contribution < -0.4 is 24.0 Å². The second-order valence-electron chi connectivity index (χ2n) is 7.64. The summed E-state index contributed by atoms with van der Waals surface area (Å²) < 4.78 is 22.4. The molecule has 1 amide bonds. The van der Waals surface area contributed by atoms with E-state index in [-0.39, 0.29) is 23.7 Å². The summed E-state index contributed by atoms with van der Waals surface area (Å²) in [6.45, 7) is -0.340. The van der Waals surface area contributed by atoms with Gasteiger partial charge in [0, 0.05) is 17.4 Å². The Morgan fingerprint density at radius 1 is 1.06 bits per heavy atom. The molecule has 0 radical (unpaired) electrons. The van der Waals surface area contributed by atoms with Crippen LogP contribution in [0.1, 0.15) is 22.8 Å². The Morgan fingerprint density at radius 2 is 1.74 bits per heavy atom. The van der Waals surface area contributed by atoms with Crippen molar-refractivity contribution in [2.24, 2.45) is 0 Å². The van der Waals surface area contributed by atoms with Gasteiger partial charge in [0.1, 0.15) is 12.4 Å². The molecule has 1 aliphatic rings. The molecule has 0 fully saturated rings. The molecular weight excluding hydrogens is 496 g/mol. The molecule has 184 valence electrons. The minimum absolute atomic E-state index is 0.0658. The van der Waals surface area contributed by atoms with Gasteiger partial charge in [-0.05, 0) is 35.9 Å². The molecule has 0 N–H and O–H groups in total. The van der Waals surface area contributed by atoms with Crippen molar-refractivity contribution in [2.75, 3.05) is 33.3 Å². The second-order valence-corrected chi connectivity index (χ2v) is 9.07. The average Bonchev–Trinajstić information content (AvgIpc) is 3.17. The number of fused-ring (bicyclic) bond motifs is 1. The number of esters is 1. The highest BCUT2D eigenvalue weighted by Gasteiger charge is 2.39. The van der Waals surface area contributed by atoms with E-state index >= 15 is 0 Å². The maximum Gasteiger partial charge on any atom is 0.325 e. The molecule has 2 heterocycles. The van der Waals surface area contributed by atoms with E-state index in [1.54, 1.807) is 36.4 Å². The largest absolute Gasteiger partial charge is 0.493 e.